The lowest BCUT2D eigenvalue weighted by Gasteiger charge is -2.08. The van der Waals surface area contributed by atoms with E-state index >= 15 is 0 Å². The number of hydrogen-bond acceptors (Lipinski definition) is 3. The number of carbonyl (C=O) groups is 1. The summed E-state index contributed by atoms with van der Waals surface area (Å²) in [7, 11) is 0. The minimum Gasteiger partial charge on any atom is -0.323 e. The largest absolute Gasteiger partial charge is 0.323 e. The highest BCUT2D eigenvalue weighted by Gasteiger charge is 2.05. The van der Waals surface area contributed by atoms with Crippen molar-refractivity contribution in [3.05, 3.63) is 23.5 Å². The molecule has 2 N–H and O–H groups in total. The predicted octanol–water partition coefficient (Wildman–Crippen LogP) is 2.06. The first-order valence-corrected chi connectivity index (χ1v) is 5.61. The van der Waals surface area contributed by atoms with Crippen LogP contribution in [0.15, 0.2) is 18.3 Å². The molecule has 0 aromatic carbocycles. The lowest BCUT2D eigenvalue weighted by atomic mass is 10.3. The van der Waals surface area contributed by atoms with Crippen LogP contribution in [-0.4, -0.2) is 23.5 Å². The van der Waals surface area contributed by atoms with Gasteiger partial charge in [-0.05, 0) is 12.1 Å². The molecule has 0 fully saturated rings. The summed E-state index contributed by atoms with van der Waals surface area (Å²) in [4.78, 5) is 15.4. The SMILES string of the molecule is CC(C)NCCC(=O)Nc1cccnc1Cl. The Balaban J connectivity index is 2.37. The highest BCUT2D eigenvalue weighted by atomic mass is 35.5. The Bertz CT molecular complexity index is 355. The molecule has 0 radical (unpaired) electrons. The van der Waals surface area contributed by atoms with Crippen LogP contribution in [0.2, 0.25) is 5.15 Å². The van der Waals surface area contributed by atoms with Crippen molar-refractivity contribution in [3.63, 3.8) is 0 Å². The molecular weight excluding hydrogens is 226 g/mol. The summed E-state index contributed by atoms with van der Waals surface area (Å²) in [5.41, 5.74) is 0.554. The molecule has 0 aliphatic rings. The van der Waals surface area contributed by atoms with Crippen molar-refractivity contribution >= 4 is 23.2 Å². The maximum atomic E-state index is 11.5. The number of rotatable bonds is 5. The van der Waals surface area contributed by atoms with Gasteiger partial charge in [-0.25, -0.2) is 4.98 Å². The fourth-order valence-corrected chi connectivity index (χ4v) is 1.33. The van der Waals surface area contributed by atoms with Gasteiger partial charge in [0, 0.05) is 25.2 Å². The molecule has 0 saturated carbocycles. The summed E-state index contributed by atoms with van der Waals surface area (Å²) in [5.74, 6) is -0.0666. The molecule has 0 bridgehead atoms. The van der Waals surface area contributed by atoms with Crippen molar-refractivity contribution in [2.75, 3.05) is 11.9 Å². The van der Waals surface area contributed by atoms with Gasteiger partial charge in [0.15, 0.2) is 5.15 Å². The molecule has 0 spiro atoms. The topological polar surface area (TPSA) is 54.0 Å². The monoisotopic (exact) mass is 241 g/mol. The lowest BCUT2D eigenvalue weighted by molar-refractivity contribution is -0.116. The van der Waals surface area contributed by atoms with Crippen molar-refractivity contribution in [2.24, 2.45) is 0 Å². The third kappa shape index (κ3) is 4.59. The summed E-state index contributed by atoms with van der Waals surface area (Å²) in [6.07, 6.45) is 2.00. The number of nitrogens with one attached hydrogen (secondary N) is 2. The third-order valence-corrected chi connectivity index (χ3v) is 2.24. The molecule has 0 atom stereocenters. The van der Waals surface area contributed by atoms with Crippen LogP contribution in [0.5, 0.6) is 0 Å². The van der Waals surface area contributed by atoms with E-state index in [-0.39, 0.29) is 5.91 Å². The first-order chi connectivity index (χ1) is 7.59. The number of aromatic nitrogens is 1. The Morgan fingerprint density at radius 1 is 1.56 bits per heavy atom. The van der Waals surface area contributed by atoms with Gasteiger partial charge in [-0.2, -0.15) is 0 Å². The number of nitrogens with zero attached hydrogens (tertiary/aromatic N) is 1. The summed E-state index contributed by atoms with van der Waals surface area (Å²) in [6.45, 7) is 4.73. The number of anilines is 1. The molecule has 0 aliphatic heterocycles. The molecule has 0 aliphatic carbocycles. The average Bonchev–Trinajstić information content (AvgIpc) is 2.21. The van der Waals surface area contributed by atoms with Crippen molar-refractivity contribution in [2.45, 2.75) is 26.3 Å². The smallest absolute Gasteiger partial charge is 0.225 e. The molecule has 1 amide bonds. The summed E-state index contributed by atoms with van der Waals surface area (Å²) >= 11 is 5.81. The van der Waals surface area contributed by atoms with E-state index < -0.39 is 0 Å². The van der Waals surface area contributed by atoms with Crippen molar-refractivity contribution < 1.29 is 4.79 Å². The second-order valence-corrected chi connectivity index (χ2v) is 4.11. The number of halogens is 1. The number of carbonyl (C=O) groups excluding carboxylic acids is 1. The fourth-order valence-electron chi connectivity index (χ4n) is 1.17. The molecule has 1 rings (SSSR count). The first kappa shape index (κ1) is 12.9. The molecule has 1 aromatic heterocycles. The van der Waals surface area contributed by atoms with Gasteiger partial charge in [0.25, 0.3) is 0 Å². The van der Waals surface area contributed by atoms with Crippen LogP contribution in [-0.2, 0) is 4.79 Å². The fraction of sp³-hybridized carbons (Fsp3) is 0.455. The molecule has 1 heterocycles. The van der Waals surface area contributed by atoms with Crippen LogP contribution in [0.4, 0.5) is 5.69 Å². The normalized spacial score (nSPS) is 10.5. The number of pyridine rings is 1. The van der Waals surface area contributed by atoms with E-state index in [2.05, 4.69) is 15.6 Å². The zero-order valence-corrected chi connectivity index (χ0v) is 10.2. The Morgan fingerprint density at radius 3 is 2.94 bits per heavy atom. The quantitative estimate of drug-likeness (QED) is 0.776. The van der Waals surface area contributed by atoms with E-state index in [4.69, 9.17) is 11.6 Å². The van der Waals surface area contributed by atoms with Crippen LogP contribution >= 0.6 is 11.6 Å². The molecular formula is C11H16ClN3O. The minimum atomic E-state index is -0.0666. The lowest BCUT2D eigenvalue weighted by Crippen LogP contribution is -2.27. The standard InChI is InChI=1S/C11H16ClN3O/c1-8(2)13-7-5-10(16)15-9-4-3-6-14-11(9)12/h3-4,6,8,13H,5,7H2,1-2H3,(H,15,16). The maximum absolute atomic E-state index is 11.5. The van der Waals surface area contributed by atoms with Crippen molar-refractivity contribution in [3.8, 4) is 0 Å². The Labute approximate surface area is 100 Å². The van der Waals surface area contributed by atoms with Crippen LogP contribution in [0, 0.1) is 0 Å². The first-order valence-electron chi connectivity index (χ1n) is 5.23. The van der Waals surface area contributed by atoms with Gasteiger partial charge in [0.1, 0.15) is 0 Å². The highest BCUT2D eigenvalue weighted by molar-refractivity contribution is 6.32. The highest BCUT2D eigenvalue weighted by Crippen LogP contribution is 2.17. The van der Waals surface area contributed by atoms with E-state index in [0.717, 1.165) is 0 Å². The van der Waals surface area contributed by atoms with Gasteiger partial charge >= 0.3 is 0 Å². The number of hydrogen-bond donors (Lipinski definition) is 2. The zero-order valence-electron chi connectivity index (χ0n) is 9.46. The second kappa shape index (κ2) is 6.45. The average molecular weight is 242 g/mol. The Kier molecular flexibility index (Phi) is 5.22. The minimum absolute atomic E-state index is 0.0666. The third-order valence-electron chi connectivity index (χ3n) is 1.94. The zero-order chi connectivity index (χ0) is 12.0. The molecule has 0 unspecified atom stereocenters. The number of amides is 1. The van der Waals surface area contributed by atoms with Gasteiger partial charge in [0.05, 0.1) is 5.69 Å². The van der Waals surface area contributed by atoms with E-state index in [1.165, 1.54) is 0 Å². The van der Waals surface area contributed by atoms with E-state index in [9.17, 15) is 4.79 Å². The second-order valence-electron chi connectivity index (χ2n) is 3.75. The maximum Gasteiger partial charge on any atom is 0.225 e. The molecule has 0 saturated heterocycles. The molecule has 4 nitrogen and oxygen atoms in total. The van der Waals surface area contributed by atoms with Gasteiger partial charge in [0.2, 0.25) is 5.91 Å². The molecule has 5 heteroatoms. The van der Waals surface area contributed by atoms with Crippen LogP contribution in [0.25, 0.3) is 0 Å². The van der Waals surface area contributed by atoms with E-state index in [1.54, 1.807) is 18.3 Å². The van der Waals surface area contributed by atoms with Crippen molar-refractivity contribution in [1.82, 2.24) is 10.3 Å². The van der Waals surface area contributed by atoms with E-state index in [0.29, 0.717) is 29.8 Å². The summed E-state index contributed by atoms with van der Waals surface area (Å²) < 4.78 is 0. The summed E-state index contributed by atoms with van der Waals surface area (Å²) in [5, 5.41) is 6.19. The molecule has 88 valence electrons. The summed E-state index contributed by atoms with van der Waals surface area (Å²) in [6, 6.07) is 3.84. The van der Waals surface area contributed by atoms with E-state index in [1.807, 2.05) is 13.8 Å². The van der Waals surface area contributed by atoms with Crippen LogP contribution in [0.3, 0.4) is 0 Å². The Hall–Kier alpha value is -1.13. The molecule has 16 heavy (non-hydrogen) atoms. The van der Waals surface area contributed by atoms with Crippen LogP contribution < -0.4 is 10.6 Å². The van der Waals surface area contributed by atoms with Gasteiger partial charge in [-0.1, -0.05) is 25.4 Å². The van der Waals surface area contributed by atoms with Gasteiger partial charge in [-0.15, -0.1) is 0 Å². The van der Waals surface area contributed by atoms with Crippen molar-refractivity contribution in [1.29, 1.82) is 0 Å². The van der Waals surface area contributed by atoms with Gasteiger partial charge in [-0.3, -0.25) is 4.79 Å². The predicted molar refractivity (Wildman–Crippen MR) is 65.6 cm³/mol. The Morgan fingerprint density at radius 2 is 2.31 bits per heavy atom. The van der Waals surface area contributed by atoms with Gasteiger partial charge < -0.3 is 10.6 Å². The molecule has 1 aromatic rings. The van der Waals surface area contributed by atoms with Crippen LogP contribution in [0.1, 0.15) is 20.3 Å².